The normalized spacial score (nSPS) is 25.6. The van der Waals surface area contributed by atoms with Crippen molar-refractivity contribution in [1.29, 1.82) is 0 Å². The van der Waals surface area contributed by atoms with Crippen molar-refractivity contribution in [3.63, 3.8) is 0 Å². The molecule has 1 amide bonds. The Morgan fingerprint density at radius 1 is 1.23 bits per heavy atom. The molecule has 2 unspecified atom stereocenters. The average Bonchev–Trinajstić information content (AvgIpc) is 2.93. The van der Waals surface area contributed by atoms with Crippen LogP contribution in [0.25, 0.3) is 0 Å². The highest BCUT2D eigenvalue weighted by Crippen LogP contribution is 2.26. The number of rotatable bonds is 4. The van der Waals surface area contributed by atoms with E-state index in [0.717, 1.165) is 56.8 Å². The van der Waals surface area contributed by atoms with Crippen LogP contribution in [0.4, 0.5) is 0 Å². The number of piperidine rings is 1. The van der Waals surface area contributed by atoms with E-state index >= 15 is 0 Å². The van der Waals surface area contributed by atoms with Crippen LogP contribution in [0.1, 0.15) is 64.1 Å². The number of aromatic nitrogens is 3. The van der Waals surface area contributed by atoms with Gasteiger partial charge in [0.05, 0.1) is 12.1 Å². The molecular formula is C16H27N5O. The highest BCUT2D eigenvalue weighted by molar-refractivity contribution is 5.82. The van der Waals surface area contributed by atoms with E-state index in [1.807, 2.05) is 9.58 Å². The Morgan fingerprint density at radius 3 is 2.68 bits per heavy atom. The SMILES string of the molecule is CCc1nc2n(n1)CCCC2NC1CCCN(C(C)C)C1=O. The highest BCUT2D eigenvalue weighted by atomic mass is 16.2. The molecule has 1 aromatic rings. The minimum absolute atomic E-state index is 0.0746. The molecule has 0 saturated carbocycles. The van der Waals surface area contributed by atoms with E-state index in [0.29, 0.717) is 0 Å². The molecule has 0 aromatic carbocycles. The molecule has 1 saturated heterocycles. The average molecular weight is 305 g/mol. The first-order chi connectivity index (χ1) is 10.6. The Kier molecular flexibility index (Phi) is 4.47. The number of hydrogen-bond acceptors (Lipinski definition) is 4. The number of nitrogens with zero attached hydrogens (tertiary/aromatic N) is 4. The van der Waals surface area contributed by atoms with Crippen molar-refractivity contribution in [3.05, 3.63) is 11.6 Å². The lowest BCUT2D eigenvalue weighted by atomic mass is 10.00. The Labute approximate surface area is 132 Å². The third-order valence-electron chi connectivity index (χ3n) is 4.73. The highest BCUT2D eigenvalue weighted by Gasteiger charge is 2.34. The van der Waals surface area contributed by atoms with Crippen molar-refractivity contribution in [2.45, 2.75) is 77.5 Å². The summed E-state index contributed by atoms with van der Waals surface area (Å²) in [4.78, 5) is 19.3. The molecule has 6 heteroatoms. The maximum absolute atomic E-state index is 12.6. The van der Waals surface area contributed by atoms with Crippen molar-refractivity contribution in [2.24, 2.45) is 0 Å². The van der Waals surface area contributed by atoms with Crippen molar-refractivity contribution < 1.29 is 4.79 Å². The van der Waals surface area contributed by atoms with Gasteiger partial charge in [-0.25, -0.2) is 9.67 Å². The van der Waals surface area contributed by atoms with E-state index in [1.54, 1.807) is 0 Å². The van der Waals surface area contributed by atoms with Gasteiger partial charge in [0, 0.05) is 25.6 Å². The lowest BCUT2D eigenvalue weighted by Crippen LogP contribution is -2.54. The van der Waals surface area contributed by atoms with E-state index in [4.69, 9.17) is 0 Å². The summed E-state index contributed by atoms with van der Waals surface area (Å²) in [7, 11) is 0. The molecule has 1 N–H and O–H groups in total. The first-order valence-corrected chi connectivity index (χ1v) is 8.60. The molecule has 122 valence electrons. The van der Waals surface area contributed by atoms with E-state index in [2.05, 4.69) is 36.2 Å². The van der Waals surface area contributed by atoms with Gasteiger partial charge < -0.3 is 4.90 Å². The lowest BCUT2D eigenvalue weighted by molar-refractivity contribution is -0.138. The van der Waals surface area contributed by atoms with Crippen LogP contribution in [0, 0.1) is 0 Å². The topological polar surface area (TPSA) is 63.1 Å². The van der Waals surface area contributed by atoms with E-state index in [9.17, 15) is 4.79 Å². The summed E-state index contributed by atoms with van der Waals surface area (Å²) in [5, 5.41) is 8.12. The molecule has 0 radical (unpaired) electrons. The molecule has 0 spiro atoms. The second kappa shape index (κ2) is 6.36. The summed E-state index contributed by atoms with van der Waals surface area (Å²) in [5.74, 6) is 2.16. The van der Waals surface area contributed by atoms with Crippen LogP contribution in [-0.4, -0.2) is 44.2 Å². The predicted octanol–water partition coefficient (Wildman–Crippen LogP) is 1.66. The van der Waals surface area contributed by atoms with Crippen LogP contribution in [0.5, 0.6) is 0 Å². The smallest absolute Gasteiger partial charge is 0.239 e. The Hall–Kier alpha value is -1.43. The molecule has 2 aliphatic heterocycles. The van der Waals surface area contributed by atoms with Crippen LogP contribution in [0.2, 0.25) is 0 Å². The zero-order chi connectivity index (χ0) is 15.7. The molecule has 2 atom stereocenters. The number of fused-ring (bicyclic) bond motifs is 1. The van der Waals surface area contributed by atoms with Crippen LogP contribution < -0.4 is 5.32 Å². The summed E-state index contributed by atoms with van der Waals surface area (Å²) in [6, 6.07) is 0.357. The third-order valence-corrected chi connectivity index (χ3v) is 4.73. The fourth-order valence-corrected chi connectivity index (χ4v) is 3.52. The molecule has 0 aliphatic carbocycles. The van der Waals surface area contributed by atoms with Gasteiger partial charge in [-0.3, -0.25) is 10.1 Å². The van der Waals surface area contributed by atoms with Gasteiger partial charge in [0.25, 0.3) is 0 Å². The molecule has 1 aromatic heterocycles. The van der Waals surface area contributed by atoms with Gasteiger partial charge in [-0.1, -0.05) is 6.92 Å². The molecule has 6 nitrogen and oxygen atoms in total. The largest absolute Gasteiger partial charge is 0.339 e. The second-order valence-electron chi connectivity index (χ2n) is 6.64. The van der Waals surface area contributed by atoms with Gasteiger partial charge in [0.15, 0.2) is 5.82 Å². The number of aryl methyl sites for hydroxylation is 2. The van der Waals surface area contributed by atoms with Crippen LogP contribution in [-0.2, 0) is 17.8 Å². The van der Waals surface area contributed by atoms with Gasteiger partial charge in [-0.05, 0) is 39.5 Å². The standard InChI is InChI=1S/C16H27N5O/c1-4-14-18-15-12(7-6-10-21(15)19-14)17-13-8-5-9-20(11(2)3)16(13)22/h11-13,17H,4-10H2,1-3H3. The minimum Gasteiger partial charge on any atom is -0.339 e. The molecule has 0 bridgehead atoms. The second-order valence-corrected chi connectivity index (χ2v) is 6.64. The summed E-state index contributed by atoms with van der Waals surface area (Å²) in [6.45, 7) is 8.08. The number of amides is 1. The van der Waals surface area contributed by atoms with Crippen molar-refractivity contribution in [1.82, 2.24) is 25.0 Å². The van der Waals surface area contributed by atoms with E-state index < -0.39 is 0 Å². The van der Waals surface area contributed by atoms with Crippen molar-refractivity contribution >= 4 is 5.91 Å². The Bertz CT molecular complexity index is 539. The van der Waals surface area contributed by atoms with E-state index in [1.165, 1.54) is 0 Å². The fourth-order valence-electron chi connectivity index (χ4n) is 3.52. The number of hydrogen-bond donors (Lipinski definition) is 1. The molecule has 22 heavy (non-hydrogen) atoms. The molecule has 3 rings (SSSR count). The summed E-state index contributed by atoms with van der Waals surface area (Å²) in [6.07, 6.45) is 4.98. The number of nitrogens with one attached hydrogen (secondary N) is 1. The minimum atomic E-state index is -0.0746. The van der Waals surface area contributed by atoms with E-state index in [-0.39, 0.29) is 24.0 Å². The zero-order valence-electron chi connectivity index (χ0n) is 13.9. The van der Waals surface area contributed by atoms with Crippen LogP contribution in [0.15, 0.2) is 0 Å². The zero-order valence-corrected chi connectivity index (χ0v) is 13.9. The lowest BCUT2D eigenvalue weighted by Gasteiger charge is -2.37. The Morgan fingerprint density at radius 2 is 1.95 bits per heavy atom. The summed E-state index contributed by atoms with van der Waals surface area (Å²) >= 11 is 0. The maximum atomic E-state index is 12.6. The van der Waals surface area contributed by atoms with Crippen molar-refractivity contribution in [3.8, 4) is 0 Å². The van der Waals surface area contributed by atoms with Crippen molar-refractivity contribution in [2.75, 3.05) is 6.54 Å². The van der Waals surface area contributed by atoms with Crippen LogP contribution in [0.3, 0.4) is 0 Å². The quantitative estimate of drug-likeness (QED) is 0.919. The first kappa shape index (κ1) is 15.5. The third kappa shape index (κ3) is 2.89. The van der Waals surface area contributed by atoms with Gasteiger partial charge in [0.1, 0.15) is 5.82 Å². The maximum Gasteiger partial charge on any atom is 0.239 e. The molecule has 3 heterocycles. The molecular weight excluding hydrogens is 278 g/mol. The monoisotopic (exact) mass is 305 g/mol. The molecule has 1 fully saturated rings. The van der Waals surface area contributed by atoms with Gasteiger partial charge in [-0.15, -0.1) is 0 Å². The molecule has 2 aliphatic rings. The summed E-state index contributed by atoms with van der Waals surface area (Å²) < 4.78 is 2.02. The predicted molar refractivity (Wildman–Crippen MR) is 84.4 cm³/mol. The van der Waals surface area contributed by atoms with Crippen LogP contribution >= 0.6 is 0 Å². The first-order valence-electron chi connectivity index (χ1n) is 8.60. The van der Waals surface area contributed by atoms with Gasteiger partial charge in [0.2, 0.25) is 5.91 Å². The summed E-state index contributed by atoms with van der Waals surface area (Å²) in [5.41, 5.74) is 0. The number of carbonyl (C=O) groups is 1. The Balaban J connectivity index is 1.74. The number of carbonyl (C=O) groups excluding carboxylic acids is 1. The van der Waals surface area contributed by atoms with Gasteiger partial charge in [-0.2, -0.15) is 5.10 Å². The fraction of sp³-hybridized carbons (Fsp3) is 0.812. The van der Waals surface area contributed by atoms with Gasteiger partial charge >= 0.3 is 0 Å². The number of likely N-dealkylation sites (tertiary alicyclic amines) is 1.